The van der Waals surface area contributed by atoms with E-state index in [2.05, 4.69) is 0 Å². The highest BCUT2D eigenvalue weighted by Gasteiger charge is 2.25. The molecular weight excluding hydrogens is 332 g/mol. The van der Waals surface area contributed by atoms with Gasteiger partial charge in [-0.2, -0.15) is 0 Å². The van der Waals surface area contributed by atoms with Gasteiger partial charge in [-0.25, -0.2) is 9.18 Å². The van der Waals surface area contributed by atoms with Crippen LogP contribution in [0, 0.1) is 12.7 Å². The average Bonchev–Trinajstić information content (AvgIpc) is 2.47. The van der Waals surface area contributed by atoms with Crippen molar-refractivity contribution in [3.05, 3.63) is 55.5 Å². The topological polar surface area (TPSA) is 59.3 Å². The molecule has 0 spiro atoms. The Kier molecular flexibility index (Phi) is 4.58. The molecule has 0 radical (unpaired) electrons. The number of carboxylic acid groups (broad SMARTS) is 1. The number of halogens is 3. The predicted molar refractivity (Wildman–Crippen MR) is 83.5 cm³/mol. The Balaban J connectivity index is 2.97. The zero-order valence-corrected chi connectivity index (χ0v) is 13.3. The van der Waals surface area contributed by atoms with Crippen molar-refractivity contribution in [2.45, 2.75) is 20.4 Å². The Morgan fingerprint density at radius 1 is 1.32 bits per heavy atom. The van der Waals surface area contributed by atoms with Crippen LogP contribution in [0.4, 0.5) is 4.39 Å². The molecule has 0 saturated carbocycles. The number of rotatable bonds is 3. The van der Waals surface area contributed by atoms with Gasteiger partial charge in [-0.3, -0.25) is 4.79 Å². The summed E-state index contributed by atoms with van der Waals surface area (Å²) in [6, 6.07) is 4.49. The first-order chi connectivity index (χ1) is 10.3. The van der Waals surface area contributed by atoms with Crippen LogP contribution in [-0.4, -0.2) is 15.6 Å². The molecule has 0 unspecified atom stereocenters. The molecule has 7 heteroatoms. The molecule has 1 N–H and O–H groups in total. The highest BCUT2D eigenvalue weighted by molar-refractivity contribution is 6.42. The number of aromatic carboxylic acids is 1. The lowest BCUT2D eigenvalue weighted by molar-refractivity contribution is 0.0694. The molecule has 2 rings (SSSR count). The highest BCUT2D eigenvalue weighted by Crippen LogP contribution is 2.30. The van der Waals surface area contributed by atoms with E-state index < -0.39 is 22.8 Å². The number of carbonyl (C=O) groups is 1. The van der Waals surface area contributed by atoms with Gasteiger partial charge in [-0.1, -0.05) is 29.3 Å². The van der Waals surface area contributed by atoms with Crippen LogP contribution in [0.3, 0.4) is 0 Å². The van der Waals surface area contributed by atoms with E-state index in [4.69, 9.17) is 23.2 Å². The summed E-state index contributed by atoms with van der Waals surface area (Å²) in [5.74, 6) is -2.56. The molecular formula is C15H12Cl2FNO3. The normalized spacial score (nSPS) is 10.8. The third kappa shape index (κ3) is 2.62. The second kappa shape index (κ2) is 6.10. The minimum atomic E-state index is -1.49. The van der Waals surface area contributed by atoms with Crippen LogP contribution in [0.2, 0.25) is 10.0 Å². The Morgan fingerprint density at radius 2 is 1.95 bits per heavy atom. The van der Waals surface area contributed by atoms with Gasteiger partial charge in [0.15, 0.2) is 5.82 Å². The number of carboxylic acids is 1. The van der Waals surface area contributed by atoms with E-state index in [0.29, 0.717) is 17.1 Å². The van der Waals surface area contributed by atoms with Gasteiger partial charge < -0.3 is 9.67 Å². The van der Waals surface area contributed by atoms with Crippen molar-refractivity contribution in [1.82, 2.24) is 4.57 Å². The summed E-state index contributed by atoms with van der Waals surface area (Å²) < 4.78 is 15.4. The van der Waals surface area contributed by atoms with Crippen molar-refractivity contribution in [2.75, 3.05) is 0 Å². The lowest BCUT2D eigenvalue weighted by Gasteiger charge is -2.18. The molecule has 0 atom stereocenters. The number of nitrogens with zero attached hydrogens (tertiary/aromatic N) is 1. The zero-order valence-electron chi connectivity index (χ0n) is 11.8. The first kappa shape index (κ1) is 16.5. The lowest BCUT2D eigenvalue weighted by Crippen LogP contribution is -2.26. The second-order valence-corrected chi connectivity index (χ2v) is 5.44. The SMILES string of the molecule is CCn1c(C)c(F)c(=O)c(C(=O)O)c1-c1ccc(Cl)c(Cl)c1. The van der Waals surface area contributed by atoms with Crippen molar-refractivity contribution >= 4 is 29.2 Å². The number of pyridine rings is 1. The molecule has 0 aliphatic carbocycles. The fourth-order valence-corrected chi connectivity index (χ4v) is 2.64. The lowest BCUT2D eigenvalue weighted by atomic mass is 10.0. The number of benzene rings is 1. The predicted octanol–water partition coefficient (Wildman–Crippen LogP) is 3.99. The van der Waals surface area contributed by atoms with E-state index in [-0.39, 0.29) is 16.4 Å². The molecule has 2 aromatic rings. The number of aromatic nitrogens is 1. The van der Waals surface area contributed by atoms with E-state index in [1.807, 2.05) is 0 Å². The summed E-state index contributed by atoms with van der Waals surface area (Å²) in [7, 11) is 0. The molecule has 116 valence electrons. The Hall–Kier alpha value is -1.85. The fourth-order valence-electron chi connectivity index (χ4n) is 2.34. The van der Waals surface area contributed by atoms with Crippen LogP contribution in [0.15, 0.2) is 23.0 Å². The largest absolute Gasteiger partial charge is 0.477 e. The summed E-state index contributed by atoms with van der Waals surface area (Å²) in [6.45, 7) is 3.44. The molecule has 1 aromatic heterocycles. The third-order valence-electron chi connectivity index (χ3n) is 3.38. The average molecular weight is 344 g/mol. The first-order valence-corrected chi connectivity index (χ1v) is 7.16. The molecule has 0 bridgehead atoms. The van der Waals surface area contributed by atoms with E-state index in [1.54, 1.807) is 13.0 Å². The number of hydrogen-bond donors (Lipinski definition) is 1. The summed E-state index contributed by atoms with van der Waals surface area (Å²) in [6.07, 6.45) is 0. The van der Waals surface area contributed by atoms with Gasteiger partial charge in [0.2, 0.25) is 5.43 Å². The molecule has 22 heavy (non-hydrogen) atoms. The van der Waals surface area contributed by atoms with Crippen molar-refractivity contribution in [2.24, 2.45) is 0 Å². The van der Waals surface area contributed by atoms with Crippen LogP contribution in [0.1, 0.15) is 23.0 Å². The summed E-state index contributed by atoms with van der Waals surface area (Å²) >= 11 is 11.8. The van der Waals surface area contributed by atoms with Crippen LogP contribution in [-0.2, 0) is 6.54 Å². The number of hydrogen-bond acceptors (Lipinski definition) is 2. The van der Waals surface area contributed by atoms with Gasteiger partial charge in [0, 0.05) is 12.1 Å². The third-order valence-corrected chi connectivity index (χ3v) is 4.12. The molecule has 1 heterocycles. The molecule has 0 aliphatic heterocycles. The quantitative estimate of drug-likeness (QED) is 0.916. The summed E-state index contributed by atoms with van der Waals surface area (Å²) in [5, 5.41) is 9.84. The second-order valence-electron chi connectivity index (χ2n) is 4.63. The Bertz CT molecular complexity index is 831. The minimum absolute atomic E-state index is 0.0681. The highest BCUT2D eigenvalue weighted by atomic mass is 35.5. The Morgan fingerprint density at radius 3 is 2.45 bits per heavy atom. The first-order valence-electron chi connectivity index (χ1n) is 6.41. The maximum atomic E-state index is 14.0. The van der Waals surface area contributed by atoms with Crippen molar-refractivity contribution in [1.29, 1.82) is 0 Å². The molecule has 0 fully saturated rings. The van der Waals surface area contributed by atoms with Gasteiger partial charge in [0.25, 0.3) is 0 Å². The summed E-state index contributed by atoms with van der Waals surface area (Å²) in [5.41, 5.74) is -1.20. The van der Waals surface area contributed by atoms with Crippen LogP contribution in [0.5, 0.6) is 0 Å². The van der Waals surface area contributed by atoms with Gasteiger partial charge in [0.1, 0.15) is 5.56 Å². The molecule has 0 aliphatic rings. The molecule has 0 amide bonds. The van der Waals surface area contributed by atoms with Crippen molar-refractivity contribution in [3.63, 3.8) is 0 Å². The standard InChI is InChI=1S/C15H12Cl2FNO3/c1-3-19-7(2)12(18)14(20)11(15(21)22)13(19)8-4-5-9(16)10(17)6-8/h4-6H,3H2,1-2H3,(H,21,22). The fraction of sp³-hybridized carbons (Fsp3) is 0.200. The minimum Gasteiger partial charge on any atom is -0.477 e. The van der Waals surface area contributed by atoms with Gasteiger partial charge >= 0.3 is 5.97 Å². The summed E-state index contributed by atoms with van der Waals surface area (Å²) in [4.78, 5) is 23.5. The molecule has 4 nitrogen and oxygen atoms in total. The van der Waals surface area contributed by atoms with Crippen molar-refractivity contribution in [3.8, 4) is 11.3 Å². The van der Waals surface area contributed by atoms with E-state index >= 15 is 0 Å². The van der Waals surface area contributed by atoms with E-state index in [1.165, 1.54) is 23.6 Å². The maximum Gasteiger partial charge on any atom is 0.341 e. The smallest absolute Gasteiger partial charge is 0.341 e. The van der Waals surface area contributed by atoms with E-state index in [0.717, 1.165) is 0 Å². The van der Waals surface area contributed by atoms with Crippen LogP contribution < -0.4 is 5.43 Å². The van der Waals surface area contributed by atoms with Gasteiger partial charge in [-0.05, 0) is 26.0 Å². The Labute approximate surface area is 135 Å². The van der Waals surface area contributed by atoms with Crippen LogP contribution >= 0.6 is 23.2 Å². The van der Waals surface area contributed by atoms with E-state index in [9.17, 15) is 19.1 Å². The molecule has 1 aromatic carbocycles. The zero-order chi connectivity index (χ0) is 16.6. The van der Waals surface area contributed by atoms with Crippen LogP contribution in [0.25, 0.3) is 11.3 Å². The molecule has 0 saturated heterocycles. The van der Waals surface area contributed by atoms with Crippen molar-refractivity contribution < 1.29 is 14.3 Å². The monoisotopic (exact) mass is 343 g/mol. The van der Waals surface area contributed by atoms with Gasteiger partial charge in [-0.15, -0.1) is 0 Å². The maximum absolute atomic E-state index is 14.0. The van der Waals surface area contributed by atoms with Gasteiger partial charge in [0.05, 0.1) is 21.4 Å².